The molecule has 2 amide bonds. The summed E-state index contributed by atoms with van der Waals surface area (Å²) < 4.78 is 5.44. The number of benzene rings is 1. The zero-order chi connectivity index (χ0) is 17.5. The van der Waals surface area contributed by atoms with Crippen LogP contribution in [-0.4, -0.2) is 41.4 Å². The van der Waals surface area contributed by atoms with E-state index in [4.69, 9.17) is 4.74 Å². The fourth-order valence-corrected chi connectivity index (χ4v) is 2.82. The number of carbonyl (C=O) groups excluding carboxylic acids is 2. The van der Waals surface area contributed by atoms with Crippen molar-refractivity contribution in [1.29, 1.82) is 0 Å². The fraction of sp³-hybridized carbons (Fsp3) is 0.353. The van der Waals surface area contributed by atoms with Gasteiger partial charge >= 0.3 is 0 Å². The Labute approximate surface area is 145 Å². The van der Waals surface area contributed by atoms with E-state index in [1.54, 1.807) is 12.1 Å². The molecule has 128 valence electrons. The lowest BCUT2D eigenvalue weighted by Gasteiger charge is -2.20. The number of rotatable bonds is 7. The van der Waals surface area contributed by atoms with Crippen molar-refractivity contribution in [2.75, 3.05) is 25.0 Å². The number of hydrogen-bond donors (Lipinski definition) is 1. The van der Waals surface area contributed by atoms with Gasteiger partial charge in [-0.25, -0.2) is 4.98 Å². The second-order valence-electron chi connectivity index (χ2n) is 5.22. The highest BCUT2D eigenvalue weighted by molar-refractivity contribution is 7.15. The Morgan fingerprint density at radius 2 is 1.96 bits per heavy atom. The molecule has 1 heterocycles. The van der Waals surface area contributed by atoms with Crippen LogP contribution in [0.1, 0.15) is 17.5 Å². The SMILES string of the molecule is CCN(CC(=O)Nc1nc(C)c(C)s1)C(=O)COc1ccccc1. The van der Waals surface area contributed by atoms with Crippen LogP contribution in [0.5, 0.6) is 5.75 Å². The Morgan fingerprint density at radius 1 is 1.25 bits per heavy atom. The summed E-state index contributed by atoms with van der Waals surface area (Å²) in [6, 6.07) is 9.11. The van der Waals surface area contributed by atoms with Gasteiger partial charge in [-0.1, -0.05) is 18.2 Å². The number of ether oxygens (including phenoxy) is 1. The zero-order valence-electron chi connectivity index (χ0n) is 14.0. The molecule has 0 aliphatic heterocycles. The maximum Gasteiger partial charge on any atom is 0.260 e. The summed E-state index contributed by atoms with van der Waals surface area (Å²) in [6.07, 6.45) is 0. The normalized spacial score (nSPS) is 10.3. The standard InChI is InChI=1S/C17H21N3O3S/c1-4-20(16(22)11-23-14-8-6-5-7-9-14)10-15(21)19-17-18-12(2)13(3)24-17/h5-9H,4,10-11H2,1-3H3,(H,18,19,21). The van der Waals surface area contributed by atoms with Gasteiger partial charge in [0.15, 0.2) is 11.7 Å². The molecule has 0 saturated heterocycles. The summed E-state index contributed by atoms with van der Waals surface area (Å²) >= 11 is 1.42. The third-order valence-electron chi connectivity index (χ3n) is 3.45. The minimum Gasteiger partial charge on any atom is -0.484 e. The number of likely N-dealkylation sites (N-methyl/N-ethyl adjacent to an activating group) is 1. The van der Waals surface area contributed by atoms with E-state index < -0.39 is 0 Å². The first-order valence-electron chi connectivity index (χ1n) is 7.69. The van der Waals surface area contributed by atoms with Gasteiger partial charge in [0.25, 0.3) is 5.91 Å². The predicted molar refractivity (Wildman–Crippen MR) is 94.4 cm³/mol. The molecule has 0 radical (unpaired) electrons. The molecule has 1 N–H and O–H groups in total. The minimum atomic E-state index is -0.265. The smallest absolute Gasteiger partial charge is 0.260 e. The van der Waals surface area contributed by atoms with Gasteiger partial charge in [-0.3, -0.25) is 9.59 Å². The van der Waals surface area contributed by atoms with Crippen LogP contribution in [0.4, 0.5) is 5.13 Å². The van der Waals surface area contributed by atoms with Gasteiger partial charge in [-0.2, -0.15) is 0 Å². The van der Waals surface area contributed by atoms with Crippen LogP contribution in [0, 0.1) is 13.8 Å². The van der Waals surface area contributed by atoms with Crippen LogP contribution in [0.2, 0.25) is 0 Å². The van der Waals surface area contributed by atoms with E-state index >= 15 is 0 Å². The number of carbonyl (C=O) groups is 2. The molecule has 0 fully saturated rings. The van der Waals surface area contributed by atoms with Crippen LogP contribution in [0.25, 0.3) is 0 Å². The molecule has 2 aromatic rings. The van der Waals surface area contributed by atoms with Gasteiger partial charge in [-0.05, 0) is 32.9 Å². The summed E-state index contributed by atoms with van der Waals surface area (Å²) in [7, 11) is 0. The van der Waals surface area contributed by atoms with Crippen LogP contribution in [0.15, 0.2) is 30.3 Å². The molecular formula is C17H21N3O3S. The topological polar surface area (TPSA) is 71.5 Å². The molecule has 2 rings (SSSR count). The highest BCUT2D eigenvalue weighted by Crippen LogP contribution is 2.20. The molecule has 0 saturated carbocycles. The lowest BCUT2D eigenvalue weighted by molar-refractivity contribution is -0.136. The number of anilines is 1. The van der Waals surface area contributed by atoms with Crippen molar-refractivity contribution in [3.8, 4) is 5.75 Å². The Hall–Kier alpha value is -2.41. The van der Waals surface area contributed by atoms with E-state index in [-0.39, 0.29) is 25.0 Å². The number of thiazole rings is 1. The fourth-order valence-electron chi connectivity index (χ4n) is 1.99. The van der Waals surface area contributed by atoms with Gasteiger partial charge in [0.05, 0.1) is 5.69 Å². The number of hydrogen-bond acceptors (Lipinski definition) is 5. The van der Waals surface area contributed by atoms with Gasteiger partial charge in [-0.15, -0.1) is 11.3 Å². The average molecular weight is 347 g/mol. The number of para-hydroxylation sites is 1. The molecule has 7 heteroatoms. The number of nitrogens with one attached hydrogen (secondary N) is 1. The molecule has 0 atom stereocenters. The van der Waals surface area contributed by atoms with E-state index in [0.29, 0.717) is 17.4 Å². The highest BCUT2D eigenvalue weighted by atomic mass is 32.1. The molecule has 0 spiro atoms. The van der Waals surface area contributed by atoms with Crippen molar-refractivity contribution >= 4 is 28.3 Å². The number of aromatic nitrogens is 1. The van der Waals surface area contributed by atoms with Crippen molar-refractivity contribution in [2.45, 2.75) is 20.8 Å². The molecule has 0 bridgehead atoms. The lowest BCUT2D eigenvalue weighted by Crippen LogP contribution is -2.40. The molecular weight excluding hydrogens is 326 g/mol. The maximum atomic E-state index is 12.2. The summed E-state index contributed by atoms with van der Waals surface area (Å²) in [6.45, 7) is 5.98. The van der Waals surface area contributed by atoms with Crippen molar-refractivity contribution < 1.29 is 14.3 Å². The van der Waals surface area contributed by atoms with Crippen LogP contribution in [-0.2, 0) is 9.59 Å². The Morgan fingerprint density at radius 3 is 2.54 bits per heavy atom. The Bertz CT molecular complexity index is 681. The number of amides is 2. The number of aryl methyl sites for hydroxylation is 2. The Kier molecular flexibility index (Phi) is 6.31. The first kappa shape index (κ1) is 17.9. The van der Waals surface area contributed by atoms with Gasteiger partial charge in [0.1, 0.15) is 12.3 Å². The predicted octanol–water partition coefficient (Wildman–Crippen LogP) is 2.63. The van der Waals surface area contributed by atoms with E-state index in [1.807, 2.05) is 39.0 Å². The third kappa shape index (κ3) is 5.06. The van der Waals surface area contributed by atoms with Crippen LogP contribution in [0.3, 0.4) is 0 Å². The van der Waals surface area contributed by atoms with Crippen molar-refractivity contribution in [2.24, 2.45) is 0 Å². The van der Waals surface area contributed by atoms with Crippen molar-refractivity contribution in [1.82, 2.24) is 9.88 Å². The summed E-state index contributed by atoms with van der Waals surface area (Å²) in [4.78, 5) is 31.1. The second-order valence-corrected chi connectivity index (χ2v) is 6.42. The largest absolute Gasteiger partial charge is 0.484 e. The van der Waals surface area contributed by atoms with E-state index in [1.165, 1.54) is 16.2 Å². The van der Waals surface area contributed by atoms with Crippen LogP contribution < -0.4 is 10.1 Å². The molecule has 0 unspecified atom stereocenters. The molecule has 0 aliphatic carbocycles. The van der Waals surface area contributed by atoms with Crippen molar-refractivity contribution in [3.63, 3.8) is 0 Å². The molecule has 6 nitrogen and oxygen atoms in total. The second kappa shape index (κ2) is 8.44. The van der Waals surface area contributed by atoms with Gasteiger partial charge in [0, 0.05) is 11.4 Å². The third-order valence-corrected chi connectivity index (χ3v) is 4.44. The highest BCUT2D eigenvalue weighted by Gasteiger charge is 2.17. The first-order chi connectivity index (χ1) is 11.5. The molecule has 0 aliphatic rings. The monoisotopic (exact) mass is 347 g/mol. The summed E-state index contributed by atoms with van der Waals surface area (Å²) in [5.74, 6) is 0.127. The summed E-state index contributed by atoms with van der Waals surface area (Å²) in [5.41, 5.74) is 0.898. The maximum absolute atomic E-state index is 12.2. The zero-order valence-corrected chi connectivity index (χ0v) is 14.9. The quantitative estimate of drug-likeness (QED) is 0.836. The molecule has 1 aromatic heterocycles. The summed E-state index contributed by atoms with van der Waals surface area (Å²) in [5, 5.41) is 3.29. The van der Waals surface area contributed by atoms with E-state index in [0.717, 1.165) is 10.6 Å². The average Bonchev–Trinajstić information content (AvgIpc) is 2.88. The lowest BCUT2D eigenvalue weighted by atomic mass is 10.3. The minimum absolute atomic E-state index is 0.0227. The van der Waals surface area contributed by atoms with E-state index in [9.17, 15) is 9.59 Å². The Balaban J connectivity index is 1.85. The molecule has 24 heavy (non-hydrogen) atoms. The van der Waals surface area contributed by atoms with Crippen LogP contribution >= 0.6 is 11.3 Å². The molecule has 1 aromatic carbocycles. The van der Waals surface area contributed by atoms with Gasteiger partial charge in [0.2, 0.25) is 5.91 Å². The van der Waals surface area contributed by atoms with Gasteiger partial charge < -0.3 is 15.0 Å². The number of nitrogens with zero attached hydrogens (tertiary/aromatic N) is 2. The van der Waals surface area contributed by atoms with Crippen molar-refractivity contribution in [3.05, 3.63) is 40.9 Å². The van der Waals surface area contributed by atoms with E-state index in [2.05, 4.69) is 10.3 Å². The first-order valence-corrected chi connectivity index (χ1v) is 8.50.